The predicted molar refractivity (Wildman–Crippen MR) is 116 cm³/mol. The maximum Gasteiger partial charge on any atom is 0.145 e. The van der Waals surface area contributed by atoms with Crippen LogP contribution in [0.25, 0.3) is 49.6 Å². The molecule has 0 saturated carbocycles. The number of rotatable bonds is 1. The van der Waals surface area contributed by atoms with Crippen LogP contribution in [0, 0.1) is 6.92 Å². The second-order valence-corrected chi connectivity index (χ2v) is 7.16. The summed E-state index contributed by atoms with van der Waals surface area (Å²) in [5.41, 5.74) is 5.68. The Balaban J connectivity index is 1.90. The molecule has 2 radical (unpaired) electrons. The van der Waals surface area contributed by atoms with Crippen LogP contribution >= 0.6 is 0 Å². The highest BCUT2D eigenvalue weighted by molar-refractivity contribution is 6.30. The first-order valence-corrected chi connectivity index (χ1v) is 9.29. The first kappa shape index (κ1) is 15.5. The van der Waals surface area contributed by atoms with Crippen molar-refractivity contribution in [3.8, 4) is 5.82 Å². The molecule has 0 saturated heterocycles. The smallest absolute Gasteiger partial charge is 0.145 e. The van der Waals surface area contributed by atoms with Crippen molar-refractivity contribution in [3.05, 3.63) is 78.4 Å². The van der Waals surface area contributed by atoms with Crippen molar-refractivity contribution >= 4 is 57.2 Å². The Bertz CT molecular complexity index is 1540. The van der Waals surface area contributed by atoms with E-state index in [9.17, 15) is 0 Å². The fraction of sp³-hybridized carbons (Fsp3) is 0.0417. The van der Waals surface area contributed by atoms with E-state index < -0.39 is 0 Å². The van der Waals surface area contributed by atoms with Crippen molar-refractivity contribution in [1.29, 1.82) is 0 Å². The zero-order valence-electron chi connectivity index (χ0n) is 15.3. The van der Waals surface area contributed by atoms with Gasteiger partial charge in [-0.3, -0.25) is 4.57 Å². The molecule has 0 fully saturated rings. The van der Waals surface area contributed by atoms with Gasteiger partial charge in [0.25, 0.3) is 0 Å². The largest absolute Gasteiger partial charge is 0.455 e. The van der Waals surface area contributed by atoms with Crippen molar-refractivity contribution in [1.82, 2.24) is 9.55 Å². The fourth-order valence-electron chi connectivity index (χ4n) is 4.34. The fourth-order valence-corrected chi connectivity index (χ4v) is 4.34. The number of para-hydroxylation sites is 2. The third kappa shape index (κ3) is 1.97. The van der Waals surface area contributed by atoms with Crippen molar-refractivity contribution in [3.63, 3.8) is 0 Å². The van der Waals surface area contributed by atoms with Crippen molar-refractivity contribution in [2.24, 2.45) is 0 Å². The number of fused-ring (bicyclic) bond motifs is 7. The van der Waals surface area contributed by atoms with Gasteiger partial charge in [0.05, 0.1) is 16.4 Å². The van der Waals surface area contributed by atoms with E-state index in [0.717, 1.165) is 44.2 Å². The van der Waals surface area contributed by atoms with Gasteiger partial charge in [-0.05, 0) is 42.3 Å². The van der Waals surface area contributed by atoms with Crippen LogP contribution in [0.1, 0.15) is 5.56 Å². The van der Waals surface area contributed by atoms with E-state index in [2.05, 4.69) is 52.9 Å². The topological polar surface area (TPSA) is 31.0 Å². The standard InChI is InChI=1S/C24H15BN2O/c1-14-13-18-23(24-22(14)16-8-3-5-10-19(16)28-24)15-7-2-4-9-17(15)27(18)21-12-6-11-20(25)26-21/h2-13H,1H3. The summed E-state index contributed by atoms with van der Waals surface area (Å²) in [7, 11) is 5.98. The molecule has 3 nitrogen and oxygen atoms in total. The first-order chi connectivity index (χ1) is 13.7. The van der Waals surface area contributed by atoms with Gasteiger partial charge in [0.1, 0.15) is 24.8 Å². The molecule has 0 N–H and O–H groups in total. The van der Waals surface area contributed by atoms with E-state index in [1.54, 1.807) is 6.07 Å². The number of hydrogen-bond donors (Lipinski definition) is 0. The molecule has 4 heteroatoms. The molecule has 3 aromatic carbocycles. The van der Waals surface area contributed by atoms with Crippen LogP contribution in [0.3, 0.4) is 0 Å². The van der Waals surface area contributed by atoms with Gasteiger partial charge >= 0.3 is 0 Å². The lowest BCUT2D eigenvalue weighted by Crippen LogP contribution is -2.10. The van der Waals surface area contributed by atoms with Crippen LogP contribution in [0.2, 0.25) is 0 Å². The van der Waals surface area contributed by atoms with Gasteiger partial charge in [-0.25, -0.2) is 4.98 Å². The van der Waals surface area contributed by atoms with E-state index in [1.165, 1.54) is 10.9 Å². The zero-order valence-corrected chi connectivity index (χ0v) is 15.3. The number of furan rings is 1. The Morgan fingerprint density at radius 1 is 0.821 bits per heavy atom. The molecule has 6 aromatic rings. The maximum atomic E-state index is 6.37. The van der Waals surface area contributed by atoms with Crippen LogP contribution in [0.4, 0.5) is 0 Å². The average Bonchev–Trinajstić information content (AvgIpc) is 3.24. The minimum Gasteiger partial charge on any atom is -0.455 e. The Hall–Kier alpha value is -3.53. The van der Waals surface area contributed by atoms with Gasteiger partial charge in [-0.15, -0.1) is 0 Å². The SMILES string of the molecule is [B]c1cccc(-n2c3ccccc3c3c4oc5ccccc5c4c(C)cc32)n1. The van der Waals surface area contributed by atoms with Crippen LogP contribution in [-0.4, -0.2) is 17.4 Å². The number of aromatic nitrogens is 2. The molecule has 130 valence electrons. The lowest BCUT2D eigenvalue weighted by molar-refractivity contribution is 0.673. The molecule has 0 aliphatic rings. The number of hydrogen-bond acceptors (Lipinski definition) is 2. The van der Waals surface area contributed by atoms with Gasteiger partial charge in [-0.2, -0.15) is 0 Å². The molecular formula is C24H15BN2O. The Morgan fingerprint density at radius 2 is 1.61 bits per heavy atom. The van der Waals surface area contributed by atoms with E-state index in [-0.39, 0.29) is 0 Å². The molecular weight excluding hydrogens is 343 g/mol. The highest BCUT2D eigenvalue weighted by atomic mass is 16.3. The first-order valence-electron chi connectivity index (χ1n) is 9.29. The Kier molecular flexibility index (Phi) is 3.04. The summed E-state index contributed by atoms with van der Waals surface area (Å²) in [5, 5.41) is 4.57. The third-order valence-electron chi connectivity index (χ3n) is 5.47. The summed E-state index contributed by atoms with van der Waals surface area (Å²) >= 11 is 0. The maximum absolute atomic E-state index is 6.37. The van der Waals surface area contributed by atoms with E-state index >= 15 is 0 Å². The number of benzene rings is 3. The molecule has 6 rings (SSSR count). The molecule has 28 heavy (non-hydrogen) atoms. The molecule has 0 unspecified atom stereocenters. The Labute approximate surface area is 162 Å². The summed E-state index contributed by atoms with van der Waals surface area (Å²) in [5.74, 6) is 0.807. The van der Waals surface area contributed by atoms with Crippen LogP contribution < -0.4 is 5.59 Å². The van der Waals surface area contributed by atoms with E-state index in [4.69, 9.17) is 12.3 Å². The van der Waals surface area contributed by atoms with Gasteiger partial charge < -0.3 is 4.42 Å². The minimum atomic E-state index is 0.505. The lowest BCUT2D eigenvalue weighted by Gasteiger charge is -2.08. The van der Waals surface area contributed by atoms with Crippen LogP contribution in [0.5, 0.6) is 0 Å². The normalized spacial score (nSPS) is 11.9. The highest BCUT2D eigenvalue weighted by Crippen LogP contribution is 2.41. The summed E-state index contributed by atoms with van der Waals surface area (Å²) in [4.78, 5) is 4.58. The van der Waals surface area contributed by atoms with Gasteiger partial charge in [-0.1, -0.05) is 48.5 Å². The molecule has 3 aromatic heterocycles. The third-order valence-corrected chi connectivity index (χ3v) is 5.47. The summed E-state index contributed by atoms with van der Waals surface area (Å²) in [6.07, 6.45) is 0. The van der Waals surface area contributed by atoms with Crippen molar-refractivity contribution in [2.45, 2.75) is 6.92 Å². The van der Waals surface area contributed by atoms with E-state index in [0.29, 0.717) is 5.59 Å². The van der Waals surface area contributed by atoms with Crippen molar-refractivity contribution < 1.29 is 4.42 Å². The van der Waals surface area contributed by atoms with Crippen LogP contribution in [-0.2, 0) is 0 Å². The number of pyridine rings is 1. The molecule has 0 aliphatic carbocycles. The quantitative estimate of drug-likeness (QED) is 0.379. The predicted octanol–water partition coefficient (Wildman–Crippen LogP) is 5.18. The highest BCUT2D eigenvalue weighted by Gasteiger charge is 2.20. The zero-order chi connectivity index (χ0) is 18.8. The van der Waals surface area contributed by atoms with Gasteiger partial charge in [0.15, 0.2) is 0 Å². The molecule has 0 spiro atoms. The summed E-state index contributed by atoms with van der Waals surface area (Å²) < 4.78 is 8.54. The number of aryl methyl sites for hydroxylation is 1. The summed E-state index contributed by atoms with van der Waals surface area (Å²) in [6.45, 7) is 2.14. The van der Waals surface area contributed by atoms with Gasteiger partial charge in [0, 0.05) is 16.2 Å². The molecule has 3 heterocycles. The molecule has 0 atom stereocenters. The average molecular weight is 358 g/mol. The minimum absolute atomic E-state index is 0.505. The van der Waals surface area contributed by atoms with Crippen molar-refractivity contribution in [2.75, 3.05) is 0 Å². The molecule has 0 amide bonds. The number of nitrogens with zero attached hydrogens (tertiary/aromatic N) is 2. The Morgan fingerprint density at radius 3 is 2.46 bits per heavy atom. The monoisotopic (exact) mass is 358 g/mol. The molecule has 0 aliphatic heterocycles. The second kappa shape index (κ2) is 5.49. The van der Waals surface area contributed by atoms with E-state index in [1.807, 2.05) is 30.3 Å². The van der Waals surface area contributed by atoms with Crippen LogP contribution in [0.15, 0.2) is 77.2 Å². The molecule has 0 bridgehead atoms. The second-order valence-electron chi connectivity index (χ2n) is 7.16. The van der Waals surface area contributed by atoms with Gasteiger partial charge in [0.2, 0.25) is 0 Å². The lowest BCUT2D eigenvalue weighted by atomic mass is 10.0. The summed E-state index contributed by atoms with van der Waals surface area (Å²) in [6, 6.07) is 24.5.